The Kier molecular flexibility index (Phi) is 9.39. The van der Waals surface area contributed by atoms with Crippen LogP contribution in [0.25, 0.3) is 5.57 Å². The number of hydrogen-bond acceptors (Lipinski definition) is 2. The fourth-order valence-corrected chi connectivity index (χ4v) is 2.87. The molecule has 2 nitrogen and oxygen atoms in total. The van der Waals surface area contributed by atoms with Crippen LogP contribution in [-0.2, 0) is 6.42 Å². The van der Waals surface area contributed by atoms with Gasteiger partial charge in [-0.15, -0.1) is 0 Å². The van der Waals surface area contributed by atoms with Crippen molar-refractivity contribution in [2.45, 2.75) is 66.2 Å². The Morgan fingerprint density at radius 2 is 1.65 bits per heavy atom. The number of alkyl halides is 2. The predicted octanol–water partition coefficient (Wildman–Crippen LogP) is 6.83. The summed E-state index contributed by atoms with van der Waals surface area (Å²) in [7, 11) is 3.02. The highest BCUT2D eigenvalue weighted by Gasteiger charge is 2.18. The fraction of sp³-hybridized carbons (Fsp3) is 0.545. The average molecular weight is 366 g/mol. The lowest BCUT2D eigenvalue weighted by atomic mass is 9.93. The van der Waals surface area contributed by atoms with E-state index in [1.807, 2.05) is 12.1 Å². The first kappa shape index (κ1) is 22.2. The molecule has 0 radical (unpaired) electrons. The third-order valence-corrected chi connectivity index (χ3v) is 4.59. The first-order chi connectivity index (χ1) is 12.4. The molecule has 0 unspecified atom stereocenters. The summed E-state index contributed by atoms with van der Waals surface area (Å²) in [6, 6.07) is 3.70. The molecule has 146 valence electrons. The van der Waals surface area contributed by atoms with Crippen LogP contribution in [0.1, 0.15) is 64.5 Å². The van der Waals surface area contributed by atoms with E-state index in [1.165, 1.54) is 25.4 Å². The standard InChI is InChI=1S/C22H32F2O2/c1-7-9-10-16(4)18(11-15(3)8-2)17-12-20(25-5)19(14-22(23)24)21(13-17)26-6/h11-13,22H,7-10,14H2,1-6H3/b15-11-,18-16-. The fourth-order valence-electron chi connectivity index (χ4n) is 2.87. The van der Waals surface area contributed by atoms with Crippen LogP contribution in [0.5, 0.6) is 11.5 Å². The minimum Gasteiger partial charge on any atom is -0.496 e. The molecule has 0 aliphatic carbocycles. The topological polar surface area (TPSA) is 18.5 Å². The van der Waals surface area contributed by atoms with Crippen LogP contribution in [0, 0.1) is 0 Å². The van der Waals surface area contributed by atoms with Gasteiger partial charge in [0.2, 0.25) is 6.43 Å². The van der Waals surface area contributed by atoms with Crippen molar-refractivity contribution in [1.29, 1.82) is 0 Å². The summed E-state index contributed by atoms with van der Waals surface area (Å²) in [6.45, 7) is 8.53. The van der Waals surface area contributed by atoms with E-state index < -0.39 is 6.43 Å². The van der Waals surface area contributed by atoms with Gasteiger partial charge in [-0.3, -0.25) is 0 Å². The van der Waals surface area contributed by atoms with Gasteiger partial charge in [0.05, 0.1) is 14.2 Å². The Morgan fingerprint density at radius 3 is 2.08 bits per heavy atom. The molecule has 0 fully saturated rings. The first-order valence-corrected chi connectivity index (χ1v) is 9.28. The largest absolute Gasteiger partial charge is 0.496 e. The number of methoxy groups -OCH3 is 2. The molecule has 0 N–H and O–H groups in total. The van der Waals surface area contributed by atoms with Crippen molar-refractivity contribution in [1.82, 2.24) is 0 Å². The molecule has 0 heterocycles. The molecule has 0 saturated carbocycles. The van der Waals surface area contributed by atoms with Crippen LogP contribution in [0.2, 0.25) is 0 Å². The van der Waals surface area contributed by atoms with Crippen molar-refractivity contribution >= 4 is 5.57 Å². The number of hydrogen-bond donors (Lipinski definition) is 0. The van der Waals surface area contributed by atoms with Crippen molar-refractivity contribution < 1.29 is 18.3 Å². The van der Waals surface area contributed by atoms with Crippen molar-refractivity contribution in [3.05, 3.63) is 40.5 Å². The summed E-state index contributed by atoms with van der Waals surface area (Å²) < 4.78 is 36.8. The van der Waals surface area contributed by atoms with Crippen LogP contribution >= 0.6 is 0 Å². The van der Waals surface area contributed by atoms with E-state index in [0.29, 0.717) is 17.1 Å². The SMILES string of the molecule is CCCC/C(C)=C(/C=C(/C)CC)c1cc(OC)c(CC(F)F)c(OC)c1. The van der Waals surface area contributed by atoms with Gasteiger partial charge in [0.1, 0.15) is 11.5 Å². The minimum atomic E-state index is -2.45. The number of halogens is 2. The van der Waals surface area contributed by atoms with Gasteiger partial charge in [-0.2, -0.15) is 0 Å². The second kappa shape index (κ2) is 11.0. The summed E-state index contributed by atoms with van der Waals surface area (Å²) in [5.41, 5.74) is 5.03. The molecule has 0 bridgehead atoms. The van der Waals surface area contributed by atoms with Gasteiger partial charge in [0.15, 0.2) is 0 Å². The van der Waals surface area contributed by atoms with Gasteiger partial charge in [-0.25, -0.2) is 8.78 Å². The quantitative estimate of drug-likeness (QED) is 0.422. The summed E-state index contributed by atoms with van der Waals surface area (Å²) in [5, 5.41) is 0. The van der Waals surface area contributed by atoms with E-state index in [9.17, 15) is 8.78 Å². The molecular weight excluding hydrogens is 334 g/mol. The third kappa shape index (κ3) is 6.15. The number of benzene rings is 1. The Balaban J connectivity index is 3.55. The maximum Gasteiger partial charge on any atom is 0.242 e. The molecule has 26 heavy (non-hydrogen) atoms. The van der Waals surface area contributed by atoms with Crippen molar-refractivity contribution in [2.24, 2.45) is 0 Å². The molecule has 1 aromatic rings. The van der Waals surface area contributed by atoms with Crippen molar-refractivity contribution in [3.8, 4) is 11.5 Å². The monoisotopic (exact) mass is 366 g/mol. The van der Waals surface area contributed by atoms with Crippen LogP contribution < -0.4 is 9.47 Å². The normalized spacial score (nSPS) is 13.0. The van der Waals surface area contributed by atoms with E-state index in [4.69, 9.17) is 9.47 Å². The van der Waals surface area contributed by atoms with E-state index in [-0.39, 0.29) is 6.42 Å². The maximum atomic E-state index is 13.0. The van der Waals surface area contributed by atoms with Gasteiger partial charge in [-0.1, -0.05) is 37.5 Å². The Labute approximate surface area is 156 Å². The highest BCUT2D eigenvalue weighted by molar-refractivity contribution is 5.79. The van der Waals surface area contributed by atoms with Gasteiger partial charge in [-0.05, 0) is 56.4 Å². The van der Waals surface area contributed by atoms with E-state index in [1.54, 1.807) is 0 Å². The van der Waals surface area contributed by atoms with Crippen LogP contribution in [0.4, 0.5) is 8.78 Å². The molecule has 4 heteroatoms. The Hall–Kier alpha value is -1.84. The summed E-state index contributed by atoms with van der Waals surface area (Å²) >= 11 is 0. The summed E-state index contributed by atoms with van der Waals surface area (Å²) in [4.78, 5) is 0. The Morgan fingerprint density at radius 1 is 1.08 bits per heavy atom. The summed E-state index contributed by atoms with van der Waals surface area (Å²) in [6.07, 6.45) is 3.56. The molecule has 0 aliphatic heterocycles. The van der Waals surface area contributed by atoms with E-state index in [2.05, 4.69) is 33.8 Å². The van der Waals surface area contributed by atoms with Crippen molar-refractivity contribution in [3.63, 3.8) is 0 Å². The maximum absolute atomic E-state index is 13.0. The lowest BCUT2D eigenvalue weighted by Crippen LogP contribution is -2.04. The lowest BCUT2D eigenvalue weighted by Gasteiger charge is -2.18. The van der Waals surface area contributed by atoms with Gasteiger partial charge >= 0.3 is 0 Å². The second-order valence-corrected chi connectivity index (χ2v) is 6.60. The van der Waals surface area contributed by atoms with Gasteiger partial charge in [0.25, 0.3) is 0 Å². The molecule has 1 aromatic carbocycles. The molecule has 0 spiro atoms. The van der Waals surface area contributed by atoms with Crippen LogP contribution in [-0.4, -0.2) is 20.6 Å². The lowest BCUT2D eigenvalue weighted by molar-refractivity contribution is 0.146. The zero-order chi connectivity index (χ0) is 19.7. The zero-order valence-electron chi connectivity index (χ0n) is 16.9. The number of allylic oxidation sites excluding steroid dienone is 4. The van der Waals surface area contributed by atoms with Gasteiger partial charge in [0, 0.05) is 12.0 Å². The van der Waals surface area contributed by atoms with Crippen LogP contribution in [0.3, 0.4) is 0 Å². The van der Waals surface area contributed by atoms with Gasteiger partial charge < -0.3 is 9.47 Å². The molecular formula is C22H32F2O2. The third-order valence-electron chi connectivity index (χ3n) is 4.59. The molecule has 0 atom stereocenters. The molecule has 0 saturated heterocycles. The van der Waals surface area contributed by atoms with E-state index >= 15 is 0 Å². The second-order valence-electron chi connectivity index (χ2n) is 6.60. The number of ether oxygens (including phenoxy) is 2. The number of rotatable bonds is 10. The predicted molar refractivity (Wildman–Crippen MR) is 105 cm³/mol. The summed E-state index contributed by atoms with van der Waals surface area (Å²) in [5.74, 6) is 0.894. The molecule has 0 amide bonds. The first-order valence-electron chi connectivity index (χ1n) is 9.28. The average Bonchev–Trinajstić information content (AvgIpc) is 2.63. The zero-order valence-corrected chi connectivity index (χ0v) is 16.9. The van der Waals surface area contributed by atoms with Crippen LogP contribution in [0.15, 0.2) is 29.4 Å². The van der Waals surface area contributed by atoms with E-state index in [0.717, 1.165) is 36.8 Å². The van der Waals surface area contributed by atoms with Crippen molar-refractivity contribution in [2.75, 3.05) is 14.2 Å². The Bertz CT molecular complexity index is 621. The smallest absolute Gasteiger partial charge is 0.242 e. The number of unbranched alkanes of at least 4 members (excludes halogenated alkanes) is 1. The highest BCUT2D eigenvalue weighted by atomic mass is 19.3. The minimum absolute atomic E-state index is 0.385. The highest BCUT2D eigenvalue weighted by Crippen LogP contribution is 2.37. The molecule has 1 rings (SSSR count). The molecule has 0 aliphatic rings. The molecule has 0 aromatic heterocycles.